The van der Waals surface area contributed by atoms with Crippen molar-refractivity contribution in [3.05, 3.63) is 319 Å². The molecule has 0 aliphatic heterocycles. The molecule has 330 valence electrons. The standard InChI is InChI=1S/C68H58/c1-49-50(2)66(44-38-54-27-31-60(32-28-54)48-68(62-23-15-8-16-24-62)64-41-35-58(36-42-64)46-56-19-11-6-12-20-56)52(4)51(3)65(49)43-37-53-25-29-59(30-26-53)47-67(61-21-13-7-14-22-61)63-39-33-57(34-40-63)45-55-17-9-5-10-18-55/h5-44,47-48H,45-46H2,1-4H3/b43-37+,44-38+,67-47+,68-48+. The summed E-state index contributed by atoms with van der Waals surface area (Å²) in [5.74, 6) is 0. The van der Waals surface area contributed by atoms with Crippen LogP contribution in [0.25, 0.3) is 47.6 Å². The van der Waals surface area contributed by atoms with Crippen molar-refractivity contribution in [2.45, 2.75) is 40.5 Å². The third-order valence-electron chi connectivity index (χ3n) is 13.3. The summed E-state index contributed by atoms with van der Waals surface area (Å²) in [6.07, 6.45) is 15.6. The summed E-state index contributed by atoms with van der Waals surface area (Å²) in [4.78, 5) is 0. The normalized spacial score (nSPS) is 12.0. The van der Waals surface area contributed by atoms with Gasteiger partial charge in [-0.1, -0.05) is 243 Å². The zero-order valence-corrected chi connectivity index (χ0v) is 39.7. The molecule has 0 heteroatoms. The van der Waals surface area contributed by atoms with Gasteiger partial charge in [0.1, 0.15) is 0 Å². The van der Waals surface area contributed by atoms with Crippen LogP contribution in [0.5, 0.6) is 0 Å². The Hall–Kier alpha value is -8.06. The minimum Gasteiger partial charge on any atom is -0.0622 e. The summed E-state index contributed by atoms with van der Waals surface area (Å²) in [6.45, 7) is 9.03. The molecule has 0 saturated heterocycles. The maximum atomic E-state index is 2.31. The Kier molecular flexibility index (Phi) is 14.3. The van der Waals surface area contributed by atoms with E-state index in [2.05, 4.69) is 283 Å². The van der Waals surface area contributed by atoms with Crippen LogP contribution >= 0.6 is 0 Å². The molecule has 9 aromatic carbocycles. The summed E-state index contributed by atoms with van der Waals surface area (Å²) < 4.78 is 0. The van der Waals surface area contributed by atoms with Crippen molar-refractivity contribution in [1.29, 1.82) is 0 Å². The van der Waals surface area contributed by atoms with Gasteiger partial charge in [0.25, 0.3) is 0 Å². The van der Waals surface area contributed by atoms with E-state index in [1.165, 1.54) is 111 Å². The predicted molar refractivity (Wildman–Crippen MR) is 294 cm³/mol. The largest absolute Gasteiger partial charge is 0.0622 e. The van der Waals surface area contributed by atoms with Crippen molar-refractivity contribution in [1.82, 2.24) is 0 Å². The summed E-state index contributed by atoms with van der Waals surface area (Å²) >= 11 is 0. The van der Waals surface area contributed by atoms with Crippen molar-refractivity contribution in [2.75, 3.05) is 0 Å². The van der Waals surface area contributed by atoms with Crippen LogP contribution in [0, 0.1) is 27.7 Å². The van der Waals surface area contributed by atoms with E-state index < -0.39 is 0 Å². The van der Waals surface area contributed by atoms with Crippen LogP contribution in [-0.4, -0.2) is 0 Å². The van der Waals surface area contributed by atoms with Crippen molar-refractivity contribution >= 4 is 47.6 Å². The highest BCUT2D eigenvalue weighted by Gasteiger charge is 2.13. The van der Waals surface area contributed by atoms with Gasteiger partial charge in [0.15, 0.2) is 0 Å². The van der Waals surface area contributed by atoms with Crippen molar-refractivity contribution in [3.8, 4) is 0 Å². The van der Waals surface area contributed by atoms with Gasteiger partial charge in [0.05, 0.1) is 0 Å². The van der Waals surface area contributed by atoms with Gasteiger partial charge in [0, 0.05) is 0 Å². The number of hydrogen-bond donors (Lipinski definition) is 0. The van der Waals surface area contributed by atoms with Gasteiger partial charge in [-0.25, -0.2) is 0 Å². The van der Waals surface area contributed by atoms with Gasteiger partial charge in [0.2, 0.25) is 0 Å². The van der Waals surface area contributed by atoms with Crippen LogP contribution in [0.3, 0.4) is 0 Å². The van der Waals surface area contributed by atoms with E-state index in [4.69, 9.17) is 0 Å². The van der Waals surface area contributed by atoms with Crippen LogP contribution < -0.4 is 0 Å². The van der Waals surface area contributed by atoms with E-state index in [-0.39, 0.29) is 0 Å². The minimum atomic E-state index is 0.929. The topological polar surface area (TPSA) is 0 Å². The van der Waals surface area contributed by atoms with Crippen LogP contribution in [0.1, 0.15) is 100 Å². The quantitative estimate of drug-likeness (QED) is 0.0955. The fourth-order valence-electron chi connectivity index (χ4n) is 9.14. The van der Waals surface area contributed by atoms with E-state index in [1.807, 2.05) is 0 Å². The van der Waals surface area contributed by atoms with E-state index in [9.17, 15) is 0 Å². The molecule has 0 saturated carbocycles. The first kappa shape index (κ1) is 45.1. The summed E-state index contributed by atoms with van der Waals surface area (Å²) in [5, 5.41) is 0. The second-order valence-electron chi connectivity index (χ2n) is 17.9. The summed E-state index contributed by atoms with van der Waals surface area (Å²) in [6, 6.07) is 78.7. The molecule has 0 nitrogen and oxygen atoms in total. The second kappa shape index (κ2) is 21.5. The lowest BCUT2D eigenvalue weighted by atomic mass is 9.88. The Balaban J connectivity index is 0.899. The molecule has 9 aromatic rings. The first-order chi connectivity index (χ1) is 33.3. The highest BCUT2D eigenvalue weighted by Crippen LogP contribution is 2.32. The van der Waals surface area contributed by atoms with Crippen molar-refractivity contribution < 1.29 is 0 Å². The highest BCUT2D eigenvalue weighted by atomic mass is 14.2. The molecule has 0 radical (unpaired) electrons. The first-order valence-corrected chi connectivity index (χ1v) is 23.8. The van der Waals surface area contributed by atoms with Crippen LogP contribution in [0.4, 0.5) is 0 Å². The van der Waals surface area contributed by atoms with E-state index >= 15 is 0 Å². The fraction of sp³-hybridized carbons (Fsp3) is 0.0882. The molecule has 9 rings (SSSR count). The van der Waals surface area contributed by atoms with Gasteiger partial charge in [-0.2, -0.15) is 0 Å². The lowest BCUT2D eigenvalue weighted by Crippen LogP contribution is -1.99. The Morgan fingerprint density at radius 3 is 0.853 bits per heavy atom. The molecule has 0 bridgehead atoms. The molecule has 0 N–H and O–H groups in total. The smallest absolute Gasteiger partial charge is 0.00258 e. The molecule has 0 atom stereocenters. The molecule has 0 amide bonds. The lowest BCUT2D eigenvalue weighted by Gasteiger charge is -2.17. The SMILES string of the molecule is Cc1c(C)c(/C=C/c2ccc(/C=C(\c3ccccc3)c3ccc(Cc4ccccc4)cc3)cc2)c(C)c(C)c1/C=C/c1ccc(/C=C(\c2ccccc2)c2ccc(Cc3ccccc3)cc2)cc1. The first-order valence-electron chi connectivity index (χ1n) is 23.8. The lowest BCUT2D eigenvalue weighted by molar-refractivity contribution is 1.19. The number of hydrogen-bond acceptors (Lipinski definition) is 0. The zero-order chi connectivity index (χ0) is 46.7. The maximum Gasteiger partial charge on any atom is -0.00258 e. The average molecular weight is 875 g/mol. The maximum absolute atomic E-state index is 2.31. The van der Waals surface area contributed by atoms with Gasteiger partial charge in [-0.05, 0) is 164 Å². The van der Waals surface area contributed by atoms with Crippen LogP contribution in [0.2, 0.25) is 0 Å². The molecule has 0 aromatic heterocycles. The molecule has 0 heterocycles. The van der Waals surface area contributed by atoms with Gasteiger partial charge < -0.3 is 0 Å². The molecule has 0 fully saturated rings. The van der Waals surface area contributed by atoms with Gasteiger partial charge >= 0.3 is 0 Å². The van der Waals surface area contributed by atoms with E-state index in [1.54, 1.807) is 0 Å². The van der Waals surface area contributed by atoms with Crippen molar-refractivity contribution in [2.24, 2.45) is 0 Å². The van der Waals surface area contributed by atoms with E-state index in [0.717, 1.165) is 12.8 Å². The highest BCUT2D eigenvalue weighted by molar-refractivity contribution is 5.93. The molecule has 0 aliphatic rings. The Morgan fingerprint density at radius 2 is 0.529 bits per heavy atom. The Labute approximate surface area is 404 Å². The van der Waals surface area contributed by atoms with Crippen LogP contribution in [-0.2, 0) is 12.8 Å². The predicted octanol–water partition coefficient (Wildman–Crippen LogP) is 17.6. The molecular weight excluding hydrogens is 817 g/mol. The minimum absolute atomic E-state index is 0.929. The van der Waals surface area contributed by atoms with E-state index in [0.29, 0.717) is 0 Å². The third-order valence-corrected chi connectivity index (χ3v) is 13.3. The molecular formula is C68H58. The molecule has 0 unspecified atom stereocenters. The Morgan fingerprint density at radius 1 is 0.265 bits per heavy atom. The average Bonchev–Trinajstić information content (AvgIpc) is 3.39. The monoisotopic (exact) mass is 874 g/mol. The van der Waals surface area contributed by atoms with Crippen molar-refractivity contribution in [3.63, 3.8) is 0 Å². The molecule has 68 heavy (non-hydrogen) atoms. The summed E-state index contributed by atoms with van der Waals surface area (Å²) in [7, 11) is 0. The summed E-state index contributed by atoms with van der Waals surface area (Å²) in [5.41, 5.74) is 25.1. The molecule has 0 spiro atoms. The van der Waals surface area contributed by atoms with Crippen LogP contribution in [0.15, 0.2) is 218 Å². The number of rotatable bonds is 14. The second-order valence-corrected chi connectivity index (χ2v) is 17.9. The zero-order valence-electron chi connectivity index (χ0n) is 39.7. The third kappa shape index (κ3) is 11.1. The Bertz CT molecular complexity index is 2950. The molecule has 0 aliphatic carbocycles. The fourth-order valence-corrected chi connectivity index (χ4v) is 9.14. The van der Waals surface area contributed by atoms with Gasteiger partial charge in [-0.3, -0.25) is 0 Å². The number of benzene rings is 9. The van der Waals surface area contributed by atoms with Gasteiger partial charge in [-0.15, -0.1) is 0 Å².